The van der Waals surface area contributed by atoms with Crippen LogP contribution in [-0.2, 0) is 10.0 Å². The first-order valence-corrected chi connectivity index (χ1v) is 8.26. The molecule has 1 aromatic carbocycles. The number of nitrogens with two attached hydrogens (primary N) is 1. The van der Waals surface area contributed by atoms with Gasteiger partial charge in [-0.1, -0.05) is 23.8 Å². The van der Waals surface area contributed by atoms with Crippen LogP contribution < -0.4 is 10.5 Å². The van der Waals surface area contributed by atoms with Gasteiger partial charge >= 0.3 is 0 Å². The van der Waals surface area contributed by atoms with E-state index >= 15 is 0 Å². The SMILES string of the molecule is NC(=S)c1ccc(S(=O)(=O)Nc2ccc(F)c(Cl)c2)s1. The molecule has 0 spiro atoms. The summed E-state index contributed by atoms with van der Waals surface area (Å²) in [5, 5.41) is -0.166. The largest absolute Gasteiger partial charge is 0.389 e. The fourth-order valence-electron chi connectivity index (χ4n) is 1.36. The number of thiocarbonyl (C=S) groups is 1. The van der Waals surface area contributed by atoms with Gasteiger partial charge in [-0.05, 0) is 30.3 Å². The van der Waals surface area contributed by atoms with Crippen molar-refractivity contribution in [3.05, 3.63) is 46.0 Å². The second-order valence-electron chi connectivity index (χ2n) is 3.72. The molecule has 20 heavy (non-hydrogen) atoms. The van der Waals surface area contributed by atoms with Crippen LogP contribution in [0.2, 0.25) is 5.02 Å². The number of rotatable bonds is 4. The Morgan fingerprint density at radius 1 is 1.35 bits per heavy atom. The van der Waals surface area contributed by atoms with Crippen LogP contribution in [0.15, 0.2) is 34.5 Å². The van der Waals surface area contributed by atoms with Crippen LogP contribution in [0.25, 0.3) is 0 Å². The maximum atomic E-state index is 13.0. The third-order valence-corrected chi connectivity index (χ3v) is 5.89. The number of thiophene rings is 1. The van der Waals surface area contributed by atoms with Gasteiger partial charge in [0.1, 0.15) is 15.0 Å². The maximum absolute atomic E-state index is 13.0. The molecule has 2 aromatic rings. The highest BCUT2D eigenvalue weighted by Crippen LogP contribution is 2.26. The highest BCUT2D eigenvalue weighted by molar-refractivity contribution is 7.94. The lowest BCUT2D eigenvalue weighted by Crippen LogP contribution is -2.11. The zero-order valence-corrected chi connectivity index (χ0v) is 13.0. The molecule has 0 aliphatic rings. The summed E-state index contributed by atoms with van der Waals surface area (Å²) in [7, 11) is -3.78. The lowest BCUT2D eigenvalue weighted by atomic mass is 10.3. The van der Waals surface area contributed by atoms with Crippen molar-refractivity contribution in [1.29, 1.82) is 0 Å². The number of hydrogen-bond donors (Lipinski definition) is 2. The first kappa shape index (κ1) is 15.2. The number of sulfonamides is 1. The molecular formula is C11H8ClFN2O2S3. The van der Waals surface area contributed by atoms with Gasteiger partial charge in [0.05, 0.1) is 15.6 Å². The number of benzene rings is 1. The van der Waals surface area contributed by atoms with E-state index in [1.54, 1.807) is 0 Å². The molecule has 0 atom stereocenters. The summed E-state index contributed by atoms with van der Waals surface area (Å²) in [4.78, 5) is 0.624. The first-order chi connectivity index (χ1) is 9.29. The van der Waals surface area contributed by atoms with Gasteiger partial charge in [0.25, 0.3) is 10.0 Å². The normalized spacial score (nSPS) is 11.3. The molecule has 1 aromatic heterocycles. The lowest BCUT2D eigenvalue weighted by molar-refractivity contribution is 0.603. The molecule has 0 bridgehead atoms. The Morgan fingerprint density at radius 2 is 2.05 bits per heavy atom. The van der Waals surface area contributed by atoms with Gasteiger partial charge in [0, 0.05) is 0 Å². The summed E-state index contributed by atoms with van der Waals surface area (Å²) in [6.45, 7) is 0. The number of anilines is 1. The summed E-state index contributed by atoms with van der Waals surface area (Å²) in [6, 6.07) is 6.47. The Kier molecular flexibility index (Phi) is 4.28. The topological polar surface area (TPSA) is 72.2 Å². The van der Waals surface area contributed by atoms with Crippen molar-refractivity contribution in [3.8, 4) is 0 Å². The molecule has 3 N–H and O–H groups in total. The molecule has 0 unspecified atom stereocenters. The average molecular weight is 351 g/mol. The van der Waals surface area contributed by atoms with E-state index in [-0.39, 0.29) is 19.9 Å². The van der Waals surface area contributed by atoms with Crippen LogP contribution in [0.1, 0.15) is 4.88 Å². The molecule has 1 heterocycles. The summed E-state index contributed by atoms with van der Waals surface area (Å²) in [5.41, 5.74) is 5.60. The van der Waals surface area contributed by atoms with Crippen LogP contribution in [0.3, 0.4) is 0 Å². The minimum Gasteiger partial charge on any atom is -0.389 e. The minimum atomic E-state index is -3.78. The zero-order valence-electron chi connectivity index (χ0n) is 9.76. The van der Waals surface area contributed by atoms with Gasteiger partial charge in [-0.25, -0.2) is 12.8 Å². The van der Waals surface area contributed by atoms with E-state index < -0.39 is 15.8 Å². The summed E-state index contributed by atoms with van der Waals surface area (Å²) in [5.74, 6) is -0.624. The van der Waals surface area contributed by atoms with E-state index in [1.807, 2.05) is 0 Å². The van der Waals surface area contributed by atoms with Crippen molar-refractivity contribution in [1.82, 2.24) is 0 Å². The van der Waals surface area contributed by atoms with Crippen molar-refractivity contribution >= 4 is 55.9 Å². The Labute approximate surface area is 129 Å². The predicted octanol–water partition coefficient (Wildman–Crippen LogP) is 2.98. The Hall–Kier alpha value is -1.22. The smallest absolute Gasteiger partial charge is 0.271 e. The second kappa shape index (κ2) is 5.65. The van der Waals surface area contributed by atoms with E-state index in [2.05, 4.69) is 4.72 Å². The van der Waals surface area contributed by atoms with Crippen molar-refractivity contribution in [2.45, 2.75) is 4.21 Å². The highest BCUT2D eigenvalue weighted by atomic mass is 35.5. The van der Waals surface area contributed by atoms with E-state index in [0.29, 0.717) is 4.88 Å². The molecule has 2 rings (SSSR count). The third kappa shape index (κ3) is 3.26. The van der Waals surface area contributed by atoms with Crippen LogP contribution in [0, 0.1) is 5.82 Å². The number of halogens is 2. The van der Waals surface area contributed by atoms with E-state index in [0.717, 1.165) is 17.4 Å². The predicted molar refractivity (Wildman–Crippen MR) is 82.4 cm³/mol. The molecule has 0 radical (unpaired) electrons. The molecule has 0 saturated carbocycles. The molecule has 9 heteroatoms. The Balaban J connectivity index is 2.30. The quantitative estimate of drug-likeness (QED) is 0.831. The van der Waals surface area contributed by atoms with Gasteiger partial charge in [-0.3, -0.25) is 4.72 Å². The molecule has 0 fully saturated rings. The molecular weight excluding hydrogens is 343 g/mol. The summed E-state index contributed by atoms with van der Waals surface area (Å²) in [6.07, 6.45) is 0. The molecule has 0 amide bonds. The highest BCUT2D eigenvalue weighted by Gasteiger charge is 2.18. The Bertz CT molecular complexity index is 774. The molecule has 4 nitrogen and oxygen atoms in total. The van der Waals surface area contributed by atoms with Crippen LogP contribution in [0.5, 0.6) is 0 Å². The summed E-state index contributed by atoms with van der Waals surface area (Å²) < 4.78 is 39.6. The number of nitrogens with one attached hydrogen (secondary N) is 1. The minimum absolute atomic E-state index is 0.0562. The van der Waals surface area contributed by atoms with E-state index in [4.69, 9.17) is 29.6 Å². The van der Waals surface area contributed by atoms with Crippen LogP contribution in [-0.4, -0.2) is 13.4 Å². The van der Waals surface area contributed by atoms with Gasteiger partial charge in [-0.15, -0.1) is 11.3 Å². The monoisotopic (exact) mass is 350 g/mol. The van der Waals surface area contributed by atoms with Crippen molar-refractivity contribution in [2.24, 2.45) is 5.73 Å². The Morgan fingerprint density at radius 3 is 2.60 bits per heavy atom. The van der Waals surface area contributed by atoms with Crippen LogP contribution >= 0.6 is 35.2 Å². The fraction of sp³-hybridized carbons (Fsp3) is 0. The summed E-state index contributed by atoms with van der Waals surface area (Å²) >= 11 is 11.3. The lowest BCUT2D eigenvalue weighted by Gasteiger charge is -2.06. The third-order valence-electron chi connectivity index (χ3n) is 2.26. The van der Waals surface area contributed by atoms with Crippen molar-refractivity contribution < 1.29 is 12.8 Å². The van der Waals surface area contributed by atoms with Gasteiger partial charge in [0.15, 0.2) is 0 Å². The van der Waals surface area contributed by atoms with E-state index in [9.17, 15) is 12.8 Å². The molecule has 0 aliphatic carbocycles. The van der Waals surface area contributed by atoms with Gasteiger partial charge in [-0.2, -0.15) is 0 Å². The maximum Gasteiger partial charge on any atom is 0.271 e. The number of hydrogen-bond acceptors (Lipinski definition) is 4. The average Bonchev–Trinajstić information content (AvgIpc) is 2.84. The second-order valence-corrected chi connectivity index (χ2v) is 7.56. The van der Waals surface area contributed by atoms with Gasteiger partial charge < -0.3 is 5.73 Å². The molecule has 106 valence electrons. The zero-order chi connectivity index (χ0) is 14.9. The molecule has 0 aliphatic heterocycles. The van der Waals surface area contributed by atoms with E-state index in [1.165, 1.54) is 24.3 Å². The first-order valence-electron chi connectivity index (χ1n) is 5.17. The van der Waals surface area contributed by atoms with Crippen molar-refractivity contribution in [2.75, 3.05) is 4.72 Å². The molecule has 0 saturated heterocycles. The van der Waals surface area contributed by atoms with Gasteiger partial charge in [0.2, 0.25) is 0 Å². The van der Waals surface area contributed by atoms with Crippen LogP contribution in [0.4, 0.5) is 10.1 Å². The standard InChI is InChI=1S/C11H8ClFN2O2S3/c12-7-5-6(1-2-8(7)13)15-20(16,17)10-4-3-9(19-10)11(14)18/h1-5,15H,(H2,14,18). The fourth-order valence-corrected chi connectivity index (χ4v) is 3.94. The van der Waals surface area contributed by atoms with Crippen molar-refractivity contribution in [3.63, 3.8) is 0 Å².